The van der Waals surface area contributed by atoms with Gasteiger partial charge in [-0.2, -0.15) is 16.6 Å². The Balaban J connectivity index is 2.06. The third kappa shape index (κ3) is 3.43. The van der Waals surface area contributed by atoms with Crippen LogP contribution in [0.15, 0.2) is 41.1 Å². The van der Waals surface area contributed by atoms with E-state index in [1.807, 2.05) is 48.0 Å². The molecule has 0 fully saturated rings. The van der Waals surface area contributed by atoms with Crippen molar-refractivity contribution in [2.75, 3.05) is 5.32 Å². The average Bonchev–Trinajstić information content (AvgIpc) is 2.91. The highest BCUT2D eigenvalue weighted by Gasteiger charge is 2.19. The number of nitrogens with zero attached hydrogens (tertiary/aromatic N) is 1. The second-order valence-electron chi connectivity index (χ2n) is 4.32. The highest BCUT2D eigenvalue weighted by Crippen LogP contribution is 2.17. The minimum absolute atomic E-state index is 0.247. The Kier molecular flexibility index (Phi) is 4.32. The molecule has 1 aromatic carbocycles. The number of rotatable bonds is 4. The fourth-order valence-corrected chi connectivity index (χ4v) is 2.46. The topological polar surface area (TPSA) is 52.9 Å². The standard InChI is InChI=1S/C15H14N2OS/c1-11-4-2-3-5-14(11)17-15(18)13(9-16)8-12-6-7-19-10-12/h2-7,10,13H,8H2,1H3,(H,17,18)/t13-/m1/s1. The molecule has 0 aliphatic rings. The molecule has 0 radical (unpaired) electrons. The van der Waals surface area contributed by atoms with Gasteiger partial charge in [0.15, 0.2) is 0 Å². The molecule has 0 aliphatic heterocycles. The van der Waals surface area contributed by atoms with Crippen LogP contribution in [-0.4, -0.2) is 5.91 Å². The lowest BCUT2D eigenvalue weighted by Gasteiger charge is -2.11. The van der Waals surface area contributed by atoms with E-state index in [0.29, 0.717) is 6.42 Å². The van der Waals surface area contributed by atoms with Gasteiger partial charge in [-0.3, -0.25) is 4.79 Å². The van der Waals surface area contributed by atoms with E-state index in [1.165, 1.54) is 0 Å². The summed E-state index contributed by atoms with van der Waals surface area (Å²) in [5, 5.41) is 15.9. The summed E-state index contributed by atoms with van der Waals surface area (Å²) in [6.07, 6.45) is 0.456. The molecule has 0 spiro atoms. The van der Waals surface area contributed by atoms with Crippen molar-refractivity contribution in [2.45, 2.75) is 13.3 Å². The predicted octanol–water partition coefficient (Wildman–Crippen LogP) is 3.38. The molecule has 0 bridgehead atoms. The van der Waals surface area contributed by atoms with Crippen molar-refractivity contribution in [3.05, 3.63) is 52.2 Å². The maximum absolute atomic E-state index is 12.1. The van der Waals surface area contributed by atoms with Gasteiger partial charge in [0.05, 0.1) is 6.07 Å². The number of benzene rings is 1. The van der Waals surface area contributed by atoms with Crippen LogP contribution in [0.25, 0.3) is 0 Å². The molecule has 0 saturated heterocycles. The van der Waals surface area contributed by atoms with Crippen LogP contribution in [0.3, 0.4) is 0 Å². The maximum Gasteiger partial charge on any atom is 0.242 e. The molecule has 1 atom stereocenters. The van der Waals surface area contributed by atoms with E-state index in [0.717, 1.165) is 16.8 Å². The number of thiophene rings is 1. The van der Waals surface area contributed by atoms with E-state index in [-0.39, 0.29) is 5.91 Å². The summed E-state index contributed by atoms with van der Waals surface area (Å²) in [6.45, 7) is 1.93. The van der Waals surface area contributed by atoms with Gasteiger partial charge < -0.3 is 5.32 Å². The number of amides is 1. The van der Waals surface area contributed by atoms with Gasteiger partial charge in [0, 0.05) is 5.69 Å². The number of carbonyl (C=O) groups is 1. The normalized spacial score (nSPS) is 11.6. The summed E-state index contributed by atoms with van der Waals surface area (Å²) >= 11 is 1.57. The minimum Gasteiger partial charge on any atom is -0.325 e. The van der Waals surface area contributed by atoms with Gasteiger partial charge in [-0.15, -0.1) is 0 Å². The molecule has 4 heteroatoms. The number of para-hydroxylation sites is 1. The minimum atomic E-state index is -0.658. The quantitative estimate of drug-likeness (QED) is 0.926. The number of nitrogens with one attached hydrogen (secondary N) is 1. The first-order valence-corrected chi connectivity index (χ1v) is 6.92. The van der Waals surface area contributed by atoms with Crippen LogP contribution in [0, 0.1) is 24.2 Å². The summed E-state index contributed by atoms with van der Waals surface area (Å²) in [6, 6.07) is 11.6. The van der Waals surface area contributed by atoms with Crippen molar-refractivity contribution in [3.8, 4) is 6.07 Å². The molecule has 1 heterocycles. The molecule has 19 heavy (non-hydrogen) atoms. The predicted molar refractivity (Wildman–Crippen MR) is 76.9 cm³/mol. The van der Waals surface area contributed by atoms with E-state index >= 15 is 0 Å². The lowest BCUT2D eigenvalue weighted by atomic mass is 10.0. The third-order valence-electron chi connectivity index (χ3n) is 2.90. The van der Waals surface area contributed by atoms with Gasteiger partial charge in [0.1, 0.15) is 5.92 Å². The fourth-order valence-electron chi connectivity index (χ4n) is 1.77. The Bertz CT molecular complexity index is 599. The third-order valence-corrected chi connectivity index (χ3v) is 3.63. The van der Waals surface area contributed by atoms with Gasteiger partial charge >= 0.3 is 0 Å². The van der Waals surface area contributed by atoms with Gasteiger partial charge in [0.2, 0.25) is 5.91 Å². The number of hydrogen-bond acceptors (Lipinski definition) is 3. The van der Waals surface area contributed by atoms with Gasteiger partial charge in [-0.1, -0.05) is 18.2 Å². The Morgan fingerprint density at radius 3 is 2.84 bits per heavy atom. The Labute approximate surface area is 116 Å². The monoisotopic (exact) mass is 270 g/mol. The highest BCUT2D eigenvalue weighted by molar-refractivity contribution is 7.07. The van der Waals surface area contributed by atoms with Crippen molar-refractivity contribution < 1.29 is 4.79 Å². The van der Waals surface area contributed by atoms with Gasteiger partial charge in [-0.05, 0) is 47.4 Å². The first-order valence-electron chi connectivity index (χ1n) is 5.98. The fraction of sp³-hybridized carbons (Fsp3) is 0.200. The molecule has 96 valence electrons. The molecule has 1 N–H and O–H groups in total. The van der Waals surface area contributed by atoms with Crippen LogP contribution in [0.1, 0.15) is 11.1 Å². The van der Waals surface area contributed by atoms with E-state index in [9.17, 15) is 4.79 Å². The van der Waals surface area contributed by atoms with Crippen molar-refractivity contribution in [1.82, 2.24) is 0 Å². The SMILES string of the molecule is Cc1ccccc1NC(=O)[C@@H](C#N)Cc1ccsc1. The maximum atomic E-state index is 12.1. The van der Waals surface area contributed by atoms with Crippen LogP contribution in [0.2, 0.25) is 0 Å². The lowest BCUT2D eigenvalue weighted by Crippen LogP contribution is -2.23. The summed E-state index contributed by atoms with van der Waals surface area (Å²) in [5.41, 5.74) is 2.78. The summed E-state index contributed by atoms with van der Waals surface area (Å²) in [5.74, 6) is -0.905. The number of carbonyl (C=O) groups excluding carboxylic acids is 1. The summed E-state index contributed by atoms with van der Waals surface area (Å²) in [4.78, 5) is 12.1. The molecule has 0 unspecified atom stereocenters. The van der Waals surface area contributed by atoms with E-state index in [2.05, 4.69) is 11.4 Å². The molecule has 1 amide bonds. The van der Waals surface area contributed by atoms with Crippen LogP contribution >= 0.6 is 11.3 Å². The van der Waals surface area contributed by atoms with E-state index in [1.54, 1.807) is 11.3 Å². The van der Waals surface area contributed by atoms with Gasteiger partial charge in [0.25, 0.3) is 0 Å². The second-order valence-corrected chi connectivity index (χ2v) is 5.10. The first-order chi connectivity index (χ1) is 9.20. The number of hydrogen-bond donors (Lipinski definition) is 1. The van der Waals surface area contributed by atoms with Crippen molar-refractivity contribution in [3.63, 3.8) is 0 Å². The smallest absolute Gasteiger partial charge is 0.242 e. The highest BCUT2D eigenvalue weighted by atomic mass is 32.1. The first kappa shape index (κ1) is 13.3. The van der Waals surface area contributed by atoms with Crippen LogP contribution in [-0.2, 0) is 11.2 Å². The lowest BCUT2D eigenvalue weighted by molar-refractivity contribution is -0.118. The van der Waals surface area contributed by atoms with Crippen LogP contribution in [0.5, 0.6) is 0 Å². The van der Waals surface area contributed by atoms with Crippen molar-refractivity contribution in [2.24, 2.45) is 5.92 Å². The molecular weight excluding hydrogens is 256 g/mol. The number of aryl methyl sites for hydroxylation is 1. The van der Waals surface area contributed by atoms with Gasteiger partial charge in [-0.25, -0.2) is 0 Å². The number of nitriles is 1. The zero-order valence-electron chi connectivity index (χ0n) is 10.6. The van der Waals surface area contributed by atoms with Crippen LogP contribution < -0.4 is 5.32 Å². The van der Waals surface area contributed by atoms with Crippen LogP contribution in [0.4, 0.5) is 5.69 Å². The molecule has 2 aromatic rings. The zero-order valence-corrected chi connectivity index (χ0v) is 11.4. The molecule has 0 saturated carbocycles. The van der Waals surface area contributed by atoms with E-state index < -0.39 is 5.92 Å². The molecule has 3 nitrogen and oxygen atoms in total. The van der Waals surface area contributed by atoms with E-state index in [4.69, 9.17) is 5.26 Å². The Morgan fingerprint density at radius 2 is 2.21 bits per heavy atom. The average molecular weight is 270 g/mol. The Hall–Kier alpha value is -2.12. The molecule has 0 aliphatic carbocycles. The Morgan fingerprint density at radius 1 is 1.42 bits per heavy atom. The second kappa shape index (κ2) is 6.17. The largest absolute Gasteiger partial charge is 0.325 e. The van der Waals surface area contributed by atoms with Crippen molar-refractivity contribution >= 4 is 22.9 Å². The summed E-state index contributed by atoms with van der Waals surface area (Å²) in [7, 11) is 0. The molecular formula is C15H14N2OS. The summed E-state index contributed by atoms with van der Waals surface area (Å²) < 4.78 is 0. The number of anilines is 1. The molecule has 1 aromatic heterocycles. The van der Waals surface area contributed by atoms with Crippen molar-refractivity contribution in [1.29, 1.82) is 5.26 Å². The molecule has 2 rings (SSSR count). The zero-order chi connectivity index (χ0) is 13.7.